The molecule has 1 heteroatoms. The zero-order chi connectivity index (χ0) is 18.6. The van der Waals surface area contributed by atoms with Gasteiger partial charge in [-0.15, -0.1) is 0 Å². The van der Waals surface area contributed by atoms with Crippen molar-refractivity contribution in [3.63, 3.8) is 0 Å². The number of anilines is 2. The van der Waals surface area contributed by atoms with Gasteiger partial charge in [-0.2, -0.15) is 0 Å². The van der Waals surface area contributed by atoms with Gasteiger partial charge in [0, 0.05) is 16.8 Å². The Kier molecular flexibility index (Phi) is 3.42. The van der Waals surface area contributed by atoms with Gasteiger partial charge in [-0.25, -0.2) is 0 Å². The van der Waals surface area contributed by atoms with Crippen molar-refractivity contribution in [3.8, 4) is 11.1 Å². The number of fused-ring (bicyclic) bond motifs is 5. The summed E-state index contributed by atoms with van der Waals surface area (Å²) in [6, 6.07) is 28.6. The number of hydrogen-bond donors (Lipinski definition) is 1. The first-order valence-electron chi connectivity index (χ1n) is 9.55. The normalized spacial score (nSPS) is 14.0. The monoisotopic (exact) mass is 349 g/mol. The summed E-state index contributed by atoms with van der Waals surface area (Å²) in [6.45, 7) is 6.80. The van der Waals surface area contributed by atoms with Crippen LogP contribution >= 0.6 is 0 Å². The van der Waals surface area contributed by atoms with Crippen molar-refractivity contribution in [1.82, 2.24) is 0 Å². The van der Waals surface area contributed by atoms with Gasteiger partial charge in [0.15, 0.2) is 0 Å². The second-order valence-electron chi connectivity index (χ2n) is 8.09. The van der Waals surface area contributed by atoms with E-state index in [1.54, 1.807) is 0 Å². The van der Waals surface area contributed by atoms with E-state index in [2.05, 4.69) is 105 Å². The summed E-state index contributed by atoms with van der Waals surface area (Å²) in [5, 5.41) is 6.23. The lowest BCUT2D eigenvalue weighted by molar-refractivity contribution is 0.661. The molecule has 1 aliphatic rings. The summed E-state index contributed by atoms with van der Waals surface area (Å²) < 4.78 is 0. The molecule has 0 aromatic heterocycles. The van der Waals surface area contributed by atoms with Crippen molar-refractivity contribution in [1.29, 1.82) is 0 Å². The van der Waals surface area contributed by atoms with E-state index in [9.17, 15) is 0 Å². The van der Waals surface area contributed by atoms with E-state index in [1.807, 2.05) is 0 Å². The largest absolute Gasteiger partial charge is 0.356 e. The van der Waals surface area contributed by atoms with Gasteiger partial charge in [-0.3, -0.25) is 0 Å². The van der Waals surface area contributed by atoms with E-state index in [-0.39, 0.29) is 5.41 Å². The molecule has 1 N–H and O–H groups in total. The highest BCUT2D eigenvalue weighted by molar-refractivity contribution is 6.02. The Bertz CT molecular complexity index is 1180. The average molecular weight is 349 g/mol. The summed E-state index contributed by atoms with van der Waals surface area (Å²) in [5.41, 5.74) is 9.12. The molecule has 0 spiro atoms. The van der Waals surface area contributed by atoms with Gasteiger partial charge in [-0.05, 0) is 69.8 Å². The highest BCUT2D eigenvalue weighted by Crippen LogP contribution is 2.51. The summed E-state index contributed by atoms with van der Waals surface area (Å²) in [6.07, 6.45) is 0. The smallest absolute Gasteiger partial charge is 0.0387 e. The van der Waals surface area contributed by atoms with Crippen LogP contribution in [0.5, 0.6) is 0 Å². The lowest BCUT2D eigenvalue weighted by atomic mass is 9.82. The van der Waals surface area contributed by atoms with Crippen LogP contribution in [-0.2, 0) is 5.41 Å². The van der Waals surface area contributed by atoms with Crippen molar-refractivity contribution in [2.45, 2.75) is 26.2 Å². The van der Waals surface area contributed by atoms with Crippen LogP contribution in [0.25, 0.3) is 21.9 Å². The molecule has 0 saturated carbocycles. The second kappa shape index (κ2) is 5.72. The number of hydrogen-bond acceptors (Lipinski definition) is 1. The van der Waals surface area contributed by atoms with Crippen molar-refractivity contribution >= 4 is 22.1 Å². The summed E-state index contributed by atoms with van der Waals surface area (Å²) in [4.78, 5) is 0. The van der Waals surface area contributed by atoms with Gasteiger partial charge in [0.25, 0.3) is 0 Å². The third kappa shape index (κ3) is 2.46. The summed E-state index contributed by atoms with van der Waals surface area (Å²) >= 11 is 0. The Balaban J connectivity index is 1.66. The van der Waals surface area contributed by atoms with E-state index in [4.69, 9.17) is 0 Å². The molecule has 4 aromatic rings. The fraction of sp³-hybridized carbons (Fsp3) is 0.154. The Morgan fingerprint density at radius 2 is 1.52 bits per heavy atom. The van der Waals surface area contributed by atoms with Gasteiger partial charge in [0.2, 0.25) is 0 Å². The zero-order valence-electron chi connectivity index (χ0n) is 16.0. The minimum atomic E-state index is -0.000999. The molecule has 0 amide bonds. The van der Waals surface area contributed by atoms with E-state index in [0.29, 0.717) is 0 Å². The first-order valence-corrected chi connectivity index (χ1v) is 9.55. The fourth-order valence-corrected chi connectivity index (χ4v) is 4.47. The van der Waals surface area contributed by atoms with Gasteiger partial charge in [0.1, 0.15) is 0 Å². The molecular weight excluding hydrogens is 326 g/mol. The first-order chi connectivity index (χ1) is 13.0. The van der Waals surface area contributed by atoms with Crippen molar-refractivity contribution in [3.05, 3.63) is 95.6 Å². The minimum Gasteiger partial charge on any atom is -0.356 e. The predicted octanol–water partition coefficient (Wildman–Crippen LogP) is 7.20. The molecule has 0 radical (unpaired) electrons. The van der Waals surface area contributed by atoms with Crippen molar-refractivity contribution in [2.24, 2.45) is 0 Å². The summed E-state index contributed by atoms with van der Waals surface area (Å²) in [7, 11) is 0. The Hall–Kier alpha value is -3.06. The third-order valence-electron chi connectivity index (χ3n) is 5.87. The quantitative estimate of drug-likeness (QED) is 0.403. The van der Waals surface area contributed by atoms with Gasteiger partial charge in [-0.1, -0.05) is 68.4 Å². The highest BCUT2D eigenvalue weighted by atomic mass is 14.9. The van der Waals surface area contributed by atoms with Crippen LogP contribution in [0.15, 0.2) is 78.9 Å². The molecule has 0 aliphatic heterocycles. The number of benzene rings is 4. The van der Waals surface area contributed by atoms with E-state index in [0.717, 1.165) is 11.4 Å². The Morgan fingerprint density at radius 3 is 2.37 bits per heavy atom. The first kappa shape index (κ1) is 16.1. The average Bonchev–Trinajstić information content (AvgIpc) is 2.89. The lowest BCUT2D eigenvalue weighted by Gasteiger charge is -2.22. The molecule has 0 unspecified atom stereocenters. The van der Waals surface area contributed by atoms with Crippen LogP contribution in [0.3, 0.4) is 0 Å². The van der Waals surface area contributed by atoms with Crippen LogP contribution in [0.2, 0.25) is 0 Å². The molecule has 0 saturated heterocycles. The minimum absolute atomic E-state index is 0.000999. The second-order valence-corrected chi connectivity index (χ2v) is 8.09. The molecule has 132 valence electrons. The zero-order valence-corrected chi connectivity index (χ0v) is 16.0. The fourth-order valence-electron chi connectivity index (χ4n) is 4.47. The molecule has 0 fully saturated rings. The number of aryl methyl sites for hydroxylation is 1. The molecule has 1 aliphatic carbocycles. The third-order valence-corrected chi connectivity index (χ3v) is 5.87. The molecule has 0 atom stereocenters. The van der Waals surface area contributed by atoms with Crippen molar-refractivity contribution < 1.29 is 0 Å². The molecule has 4 aromatic carbocycles. The molecule has 0 bridgehead atoms. The van der Waals surface area contributed by atoms with Crippen LogP contribution in [0.1, 0.15) is 30.5 Å². The summed E-state index contributed by atoms with van der Waals surface area (Å²) in [5.74, 6) is 0. The number of nitrogens with one attached hydrogen (secondary N) is 1. The predicted molar refractivity (Wildman–Crippen MR) is 116 cm³/mol. The topological polar surface area (TPSA) is 12.0 Å². The molecule has 1 nitrogen and oxygen atoms in total. The van der Waals surface area contributed by atoms with Crippen LogP contribution in [-0.4, -0.2) is 0 Å². The van der Waals surface area contributed by atoms with Crippen LogP contribution in [0, 0.1) is 6.92 Å². The maximum atomic E-state index is 3.58. The maximum absolute atomic E-state index is 3.58. The Morgan fingerprint density at radius 1 is 0.704 bits per heavy atom. The maximum Gasteiger partial charge on any atom is 0.0387 e. The van der Waals surface area contributed by atoms with E-state index >= 15 is 0 Å². The van der Waals surface area contributed by atoms with Gasteiger partial charge < -0.3 is 5.32 Å². The lowest BCUT2D eigenvalue weighted by Crippen LogP contribution is -2.15. The van der Waals surface area contributed by atoms with Gasteiger partial charge >= 0.3 is 0 Å². The SMILES string of the molecule is Cc1cccc(Nc2ccc3c(c2)C(C)(C)c2ccc4ccccc4c2-3)c1. The molecular formula is C26H23N. The number of rotatable bonds is 2. The van der Waals surface area contributed by atoms with Crippen LogP contribution in [0.4, 0.5) is 11.4 Å². The van der Waals surface area contributed by atoms with Crippen molar-refractivity contribution in [2.75, 3.05) is 5.32 Å². The Labute approximate surface area is 160 Å². The van der Waals surface area contributed by atoms with E-state index in [1.165, 1.54) is 38.6 Å². The standard InChI is InChI=1S/C26H23N/c1-17-7-6-9-19(15-17)27-20-12-13-22-24(16-20)26(2,3)23-14-11-18-8-4-5-10-21(18)25(22)23/h4-16,27H,1-3H3. The molecule has 27 heavy (non-hydrogen) atoms. The highest BCUT2D eigenvalue weighted by Gasteiger charge is 2.36. The van der Waals surface area contributed by atoms with Crippen LogP contribution < -0.4 is 5.32 Å². The molecule has 0 heterocycles. The van der Waals surface area contributed by atoms with Gasteiger partial charge in [0.05, 0.1) is 0 Å². The van der Waals surface area contributed by atoms with E-state index < -0.39 is 0 Å². The molecule has 5 rings (SSSR count).